The van der Waals surface area contributed by atoms with Gasteiger partial charge < -0.3 is 14.5 Å². The molecule has 1 aliphatic rings. The van der Waals surface area contributed by atoms with Crippen LogP contribution in [0, 0.1) is 18.6 Å². The first kappa shape index (κ1) is 18.2. The van der Waals surface area contributed by atoms with E-state index in [1.54, 1.807) is 12.1 Å². The van der Waals surface area contributed by atoms with Crippen LogP contribution in [0.5, 0.6) is 5.75 Å². The molecule has 0 spiro atoms. The number of rotatable bonds is 4. The van der Waals surface area contributed by atoms with Crippen molar-refractivity contribution in [2.24, 2.45) is 0 Å². The highest BCUT2D eigenvalue weighted by atomic mass is 19.2. The summed E-state index contributed by atoms with van der Waals surface area (Å²) in [5.41, 5.74) is 2.63. The molecule has 7 heteroatoms. The number of hydrogen-bond donors (Lipinski definition) is 1. The van der Waals surface area contributed by atoms with E-state index in [1.807, 2.05) is 6.92 Å². The lowest BCUT2D eigenvalue weighted by Gasteiger charge is -2.13. The third-order valence-corrected chi connectivity index (χ3v) is 4.74. The molecule has 0 bridgehead atoms. The standard InChI is InChI=1S/C21H17F2NO4/c1-11-7-17(20-13-3-2-4-14(13)21(26)28-18(20)8-11)27-10-19(25)24-12-5-6-15(22)16(23)9-12/h5-9H,2-4,10H2,1H3,(H,24,25). The van der Waals surface area contributed by atoms with Crippen LogP contribution in [-0.4, -0.2) is 12.5 Å². The first-order chi connectivity index (χ1) is 13.4. The fourth-order valence-electron chi connectivity index (χ4n) is 3.53. The van der Waals surface area contributed by atoms with Crippen LogP contribution < -0.4 is 15.7 Å². The average Bonchev–Trinajstić information content (AvgIpc) is 3.13. The zero-order valence-electron chi connectivity index (χ0n) is 15.1. The Hall–Kier alpha value is -3.22. The summed E-state index contributed by atoms with van der Waals surface area (Å²) in [6, 6.07) is 6.65. The minimum absolute atomic E-state index is 0.133. The molecule has 1 N–H and O–H groups in total. The van der Waals surface area contributed by atoms with E-state index in [0.29, 0.717) is 28.7 Å². The molecule has 0 aliphatic heterocycles. The van der Waals surface area contributed by atoms with Crippen LogP contribution in [0.2, 0.25) is 0 Å². The fraction of sp³-hybridized carbons (Fsp3) is 0.238. The van der Waals surface area contributed by atoms with Crippen LogP contribution >= 0.6 is 0 Å². The van der Waals surface area contributed by atoms with E-state index < -0.39 is 17.5 Å². The maximum atomic E-state index is 13.3. The molecule has 5 nitrogen and oxygen atoms in total. The van der Waals surface area contributed by atoms with Gasteiger partial charge >= 0.3 is 5.63 Å². The van der Waals surface area contributed by atoms with Crippen LogP contribution in [0.3, 0.4) is 0 Å². The molecule has 2 aromatic carbocycles. The molecular formula is C21H17F2NO4. The number of hydrogen-bond acceptors (Lipinski definition) is 4. The van der Waals surface area contributed by atoms with E-state index in [2.05, 4.69) is 5.32 Å². The summed E-state index contributed by atoms with van der Waals surface area (Å²) < 4.78 is 37.4. The molecule has 1 aromatic heterocycles. The van der Waals surface area contributed by atoms with Crippen LogP contribution in [0.1, 0.15) is 23.1 Å². The number of carbonyl (C=O) groups is 1. The summed E-state index contributed by atoms with van der Waals surface area (Å²) in [5.74, 6) is -2.10. The molecule has 0 fully saturated rings. The lowest BCUT2D eigenvalue weighted by Crippen LogP contribution is -2.20. The first-order valence-corrected chi connectivity index (χ1v) is 8.89. The Balaban J connectivity index is 1.59. The van der Waals surface area contributed by atoms with Gasteiger partial charge in [-0.3, -0.25) is 4.79 Å². The zero-order chi connectivity index (χ0) is 19.8. The fourth-order valence-corrected chi connectivity index (χ4v) is 3.53. The van der Waals surface area contributed by atoms with Crippen molar-refractivity contribution in [1.82, 2.24) is 0 Å². The molecule has 0 saturated heterocycles. The van der Waals surface area contributed by atoms with Crippen molar-refractivity contribution in [2.75, 3.05) is 11.9 Å². The van der Waals surface area contributed by atoms with Crippen molar-refractivity contribution in [1.29, 1.82) is 0 Å². The predicted molar refractivity (Wildman–Crippen MR) is 99.7 cm³/mol. The van der Waals surface area contributed by atoms with E-state index in [0.717, 1.165) is 36.1 Å². The van der Waals surface area contributed by atoms with Crippen molar-refractivity contribution in [3.8, 4) is 5.75 Å². The molecule has 0 radical (unpaired) electrons. The highest BCUT2D eigenvalue weighted by molar-refractivity contribution is 5.93. The van der Waals surface area contributed by atoms with Crippen molar-refractivity contribution < 1.29 is 22.7 Å². The topological polar surface area (TPSA) is 68.5 Å². The second kappa shape index (κ2) is 7.07. The maximum Gasteiger partial charge on any atom is 0.339 e. The summed E-state index contributed by atoms with van der Waals surface area (Å²) in [5, 5.41) is 3.17. The van der Waals surface area contributed by atoms with Gasteiger partial charge in [-0.25, -0.2) is 13.6 Å². The lowest BCUT2D eigenvalue weighted by molar-refractivity contribution is -0.118. The van der Waals surface area contributed by atoms with Crippen molar-refractivity contribution >= 4 is 22.6 Å². The molecule has 0 unspecified atom stereocenters. The van der Waals surface area contributed by atoms with Gasteiger partial charge in [0, 0.05) is 17.3 Å². The van der Waals surface area contributed by atoms with E-state index in [-0.39, 0.29) is 17.9 Å². The molecule has 0 atom stereocenters. The Morgan fingerprint density at radius 1 is 1.14 bits per heavy atom. The molecule has 1 amide bonds. The van der Waals surface area contributed by atoms with Crippen molar-refractivity contribution in [3.05, 3.63) is 69.1 Å². The van der Waals surface area contributed by atoms with Crippen LogP contribution in [-0.2, 0) is 17.6 Å². The Bertz CT molecular complexity index is 1150. The Morgan fingerprint density at radius 3 is 2.71 bits per heavy atom. The Kier molecular flexibility index (Phi) is 4.58. The van der Waals surface area contributed by atoms with Crippen LogP contribution in [0.15, 0.2) is 39.5 Å². The number of halogens is 2. The molecule has 4 rings (SSSR count). The van der Waals surface area contributed by atoms with E-state index in [9.17, 15) is 18.4 Å². The molecule has 28 heavy (non-hydrogen) atoms. The first-order valence-electron chi connectivity index (χ1n) is 8.89. The number of ether oxygens (including phenoxy) is 1. The van der Waals surface area contributed by atoms with Crippen molar-refractivity contribution in [2.45, 2.75) is 26.2 Å². The van der Waals surface area contributed by atoms with Gasteiger partial charge in [-0.2, -0.15) is 0 Å². The summed E-state index contributed by atoms with van der Waals surface area (Å²) in [7, 11) is 0. The largest absolute Gasteiger partial charge is 0.483 e. The summed E-state index contributed by atoms with van der Waals surface area (Å²) in [6.07, 6.45) is 2.28. The van der Waals surface area contributed by atoms with Gasteiger partial charge in [0.2, 0.25) is 0 Å². The number of benzene rings is 2. The second-order valence-corrected chi connectivity index (χ2v) is 6.80. The number of anilines is 1. The van der Waals surface area contributed by atoms with Gasteiger partial charge in [0.1, 0.15) is 11.3 Å². The van der Waals surface area contributed by atoms with Gasteiger partial charge in [-0.05, 0) is 61.6 Å². The highest BCUT2D eigenvalue weighted by Gasteiger charge is 2.22. The minimum atomic E-state index is -1.05. The monoisotopic (exact) mass is 385 g/mol. The number of carbonyl (C=O) groups excluding carboxylic acids is 1. The summed E-state index contributed by atoms with van der Waals surface area (Å²) in [4.78, 5) is 24.3. The van der Waals surface area contributed by atoms with Gasteiger partial charge in [0.25, 0.3) is 5.91 Å². The smallest absolute Gasteiger partial charge is 0.339 e. The molecular weight excluding hydrogens is 368 g/mol. The van der Waals surface area contributed by atoms with Gasteiger partial charge in [-0.15, -0.1) is 0 Å². The second-order valence-electron chi connectivity index (χ2n) is 6.80. The highest BCUT2D eigenvalue weighted by Crippen LogP contribution is 2.35. The van der Waals surface area contributed by atoms with Crippen molar-refractivity contribution in [3.63, 3.8) is 0 Å². The average molecular weight is 385 g/mol. The van der Waals surface area contributed by atoms with E-state index in [4.69, 9.17) is 9.15 Å². The molecule has 144 valence electrons. The maximum absolute atomic E-state index is 13.3. The number of nitrogens with one attached hydrogen (secondary N) is 1. The third-order valence-electron chi connectivity index (χ3n) is 4.74. The molecule has 1 heterocycles. The van der Waals surface area contributed by atoms with Gasteiger partial charge in [0.15, 0.2) is 18.2 Å². The summed E-state index contributed by atoms with van der Waals surface area (Å²) in [6.45, 7) is 1.51. The van der Waals surface area contributed by atoms with E-state index in [1.165, 1.54) is 6.07 Å². The number of fused-ring (bicyclic) bond motifs is 3. The predicted octanol–water partition coefficient (Wildman–Crippen LogP) is 3.89. The molecule has 0 saturated carbocycles. The quantitative estimate of drug-likeness (QED) is 0.692. The Morgan fingerprint density at radius 2 is 1.93 bits per heavy atom. The normalized spacial score (nSPS) is 12.8. The van der Waals surface area contributed by atoms with Crippen LogP contribution in [0.4, 0.5) is 14.5 Å². The minimum Gasteiger partial charge on any atom is -0.483 e. The van der Waals surface area contributed by atoms with Gasteiger partial charge in [-0.1, -0.05) is 0 Å². The molecule has 1 aliphatic carbocycles. The zero-order valence-corrected chi connectivity index (χ0v) is 15.1. The number of amides is 1. The van der Waals surface area contributed by atoms with E-state index >= 15 is 0 Å². The molecule has 3 aromatic rings. The van der Waals surface area contributed by atoms with Crippen LogP contribution in [0.25, 0.3) is 11.0 Å². The number of aryl methyl sites for hydroxylation is 2. The lowest BCUT2D eigenvalue weighted by atomic mass is 10.0. The van der Waals surface area contributed by atoms with Gasteiger partial charge in [0.05, 0.1) is 5.39 Å². The third kappa shape index (κ3) is 3.35. The SMILES string of the molecule is Cc1cc(OCC(=O)Nc2ccc(F)c(F)c2)c2c3c(c(=O)oc2c1)CCC3. The Labute approximate surface area is 158 Å². The summed E-state index contributed by atoms with van der Waals surface area (Å²) >= 11 is 0.